The molecule has 0 bridgehead atoms. The number of benzene rings is 2. The molecule has 0 aromatic heterocycles. The monoisotopic (exact) mass is 371 g/mol. The Morgan fingerprint density at radius 2 is 1.81 bits per heavy atom. The Labute approximate surface area is 160 Å². The predicted octanol–water partition coefficient (Wildman–Crippen LogP) is 4.10. The number of nitrogens with one attached hydrogen (secondary N) is 2. The van der Waals surface area contributed by atoms with E-state index in [-0.39, 0.29) is 12.5 Å². The van der Waals surface area contributed by atoms with E-state index >= 15 is 0 Å². The van der Waals surface area contributed by atoms with Crippen molar-refractivity contribution in [2.75, 3.05) is 36.4 Å². The van der Waals surface area contributed by atoms with Gasteiger partial charge in [-0.15, -0.1) is 0 Å². The normalized spacial score (nSPS) is 14.1. The third-order valence-electron chi connectivity index (χ3n) is 4.67. The summed E-state index contributed by atoms with van der Waals surface area (Å²) in [6.45, 7) is 3.16. The van der Waals surface area contributed by atoms with E-state index in [2.05, 4.69) is 27.7 Å². The summed E-state index contributed by atoms with van der Waals surface area (Å²) in [6.07, 6.45) is 4.66. The molecule has 0 unspecified atom stereocenters. The third-order valence-corrected chi connectivity index (χ3v) is 4.90. The maximum absolute atomic E-state index is 12.0. The minimum atomic E-state index is -0.00728. The highest BCUT2D eigenvalue weighted by Gasteiger charge is 2.10. The first-order valence-corrected chi connectivity index (χ1v) is 9.68. The first-order valence-electron chi connectivity index (χ1n) is 9.31. The Kier molecular flexibility index (Phi) is 6.78. The van der Waals surface area contributed by atoms with Gasteiger partial charge in [0.1, 0.15) is 0 Å². The van der Waals surface area contributed by atoms with Gasteiger partial charge < -0.3 is 15.5 Å². The molecule has 1 saturated heterocycles. The van der Waals surface area contributed by atoms with Crippen molar-refractivity contribution in [2.45, 2.75) is 25.7 Å². The number of carbonyl (C=O) groups is 1. The molecule has 1 fully saturated rings. The summed E-state index contributed by atoms with van der Waals surface area (Å²) in [6, 6.07) is 16.1. The second-order valence-electron chi connectivity index (χ2n) is 6.68. The zero-order valence-corrected chi connectivity index (χ0v) is 15.8. The highest BCUT2D eigenvalue weighted by atomic mass is 35.5. The molecule has 2 aromatic rings. The van der Waals surface area contributed by atoms with Gasteiger partial charge in [-0.25, -0.2) is 0 Å². The van der Waals surface area contributed by atoms with Gasteiger partial charge >= 0.3 is 0 Å². The molecule has 5 heteroatoms. The SMILES string of the molecule is O=C(CNc1ccc(N2CCCCC2)cc1)NCCc1cccc(Cl)c1. The maximum atomic E-state index is 12.0. The fourth-order valence-corrected chi connectivity index (χ4v) is 3.44. The lowest BCUT2D eigenvalue weighted by Crippen LogP contribution is -2.31. The Hall–Kier alpha value is -2.20. The molecule has 2 aromatic carbocycles. The average Bonchev–Trinajstić information content (AvgIpc) is 2.68. The van der Waals surface area contributed by atoms with Gasteiger partial charge in [-0.05, 0) is 67.6 Å². The van der Waals surface area contributed by atoms with Crippen LogP contribution in [0.3, 0.4) is 0 Å². The quantitative estimate of drug-likeness (QED) is 0.770. The fraction of sp³-hybridized carbons (Fsp3) is 0.381. The van der Waals surface area contributed by atoms with E-state index in [9.17, 15) is 4.79 Å². The van der Waals surface area contributed by atoms with Crippen molar-refractivity contribution in [3.8, 4) is 0 Å². The molecule has 0 saturated carbocycles. The number of carbonyl (C=O) groups excluding carboxylic acids is 1. The lowest BCUT2D eigenvalue weighted by atomic mass is 10.1. The van der Waals surface area contributed by atoms with Crippen LogP contribution in [0, 0.1) is 0 Å². The first-order chi connectivity index (χ1) is 12.7. The smallest absolute Gasteiger partial charge is 0.239 e. The van der Waals surface area contributed by atoms with Crippen LogP contribution in [0.15, 0.2) is 48.5 Å². The average molecular weight is 372 g/mol. The molecule has 0 spiro atoms. The first kappa shape index (κ1) is 18.6. The van der Waals surface area contributed by atoms with Crippen LogP contribution in [0.1, 0.15) is 24.8 Å². The van der Waals surface area contributed by atoms with E-state index < -0.39 is 0 Å². The van der Waals surface area contributed by atoms with Crippen molar-refractivity contribution < 1.29 is 4.79 Å². The molecule has 1 aliphatic heterocycles. The molecule has 1 heterocycles. The highest BCUT2D eigenvalue weighted by molar-refractivity contribution is 6.30. The van der Waals surface area contributed by atoms with Gasteiger partial charge in [0.15, 0.2) is 0 Å². The molecular weight excluding hydrogens is 346 g/mol. The Morgan fingerprint density at radius 3 is 2.54 bits per heavy atom. The molecule has 2 N–H and O–H groups in total. The zero-order valence-electron chi connectivity index (χ0n) is 15.0. The van der Waals surface area contributed by atoms with Gasteiger partial charge in [-0.2, -0.15) is 0 Å². The van der Waals surface area contributed by atoms with Gasteiger partial charge in [-0.1, -0.05) is 23.7 Å². The van der Waals surface area contributed by atoms with Crippen LogP contribution in [-0.2, 0) is 11.2 Å². The summed E-state index contributed by atoms with van der Waals surface area (Å²) >= 11 is 5.96. The molecule has 0 atom stereocenters. The lowest BCUT2D eigenvalue weighted by molar-refractivity contribution is -0.119. The van der Waals surface area contributed by atoms with E-state index in [0.717, 1.165) is 35.8 Å². The van der Waals surface area contributed by atoms with Crippen molar-refractivity contribution in [1.29, 1.82) is 0 Å². The number of piperidine rings is 1. The summed E-state index contributed by atoms with van der Waals surface area (Å²) < 4.78 is 0. The van der Waals surface area contributed by atoms with E-state index in [4.69, 9.17) is 11.6 Å². The van der Waals surface area contributed by atoms with E-state index in [1.165, 1.54) is 24.9 Å². The van der Waals surface area contributed by atoms with Crippen molar-refractivity contribution in [3.05, 3.63) is 59.1 Å². The Morgan fingerprint density at radius 1 is 1.04 bits per heavy atom. The van der Waals surface area contributed by atoms with Gasteiger partial charge in [-0.3, -0.25) is 4.79 Å². The molecule has 26 heavy (non-hydrogen) atoms. The van der Waals surface area contributed by atoms with E-state index in [1.807, 2.05) is 36.4 Å². The highest BCUT2D eigenvalue weighted by Crippen LogP contribution is 2.21. The summed E-state index contributed by atoms with van der Waals surface area (Å²) in [5.41, 5.74) is 3.36. The van der Waals surface area contributed by atoms with Crippen LogP contribution in [0.25, 0.3) is 0 Å². The molecule has 0 aliphatic carbocycles. The van der Waals surface area contributed by atoms with Gasteiger partial charge in [0.25, 0.3) is 0 Å². The largest absolute Gasteiger partial charge is 0.376 e. The predicted molar refractivity (Wildman–Crippen MR) is 109 cm³/mol. The van der Waals surface area contributed by atoms with Crippen molar-refractivity contribution in [1.82, 2.24) is 5.32 Å². The number of nitrogens with zero attached hydrogens (tertiary/aromatic N) is 1. The van der Waals surface area contributed by atoms with Crippen LogP contribution in [0.5, 0.6) is 0 Å². The molecular formula is C21H26ClN3O. The van der Waals surface area contributed by atoms with Gasteiger partial charge in [0, 0.05) is 36.0 Å². The standard InChI is InChI=1S/C21H26ClN3O/c22-18-6-4-5-17(15-18)11-12-23-21(26)16-24-19-7-9-20(10-8-19)25-13-2-1-3-14-25/h4-10,15,24H,1-3,11-14,16H2,(H,23,26). The summed E-state index contributed by atoms with van der Waals surface area (Å²) in [5, 5.41) is 6.84. The Bertz CT molecular complexity index is 711. The summed E-state index contributed by atoms with van der Waals surface area (Å²) in [7, 11) is 0. The minimum Gasteiger partial charge on any atom is -0.376 e. The molecule has 1 amide bonds. The molecule has 138 valence electrons. The van der Waals surface area contributed by atoms with Crippen LogP contribution in [0.2, 0.25) is 5.02 Å². The summed E-state index contributed by atoms with van der Waals surface area (Å²) in [5.74, 6) is -0.00728. The second kappa shape index (κ2) is 9.48. The number of hydrogen-bond donors (Lipinski definition) is 2. The van der Waals surface area contributed by atoms with Crippen LogP contribution >= 0.6 is 11.6 Å². The second-order valence-corrected chi connectivity index (χ2v) is 7.11. The number of rotatable bonds is 7. The van der Waals surface area contributed by atoms with Crippen LogP contribution in [-0.4, -0.2) is 32.1 Å². The zero-order chi connectivity index (χ0) is 18.2. The number of anilines is 2. The molecule has 1 aliphatic rings. The molecule has 4 nitrogen and oxygen atoms in total. The lowest BCUT2D eigenvalue weighted by Gasteiger charge is -2.28. The van der Waals surface area contributed by atoms with Crippen molar-refractivity contribution in [3.63, 3.8) is 0 Å². The maximum Gasteiger partial charge on any atom is 0.239 e. The third kappa shape index (κ3) is 5.67. The molecule has 0 radical (unpaired) electrons. The molecule has 3 rings (SSSR count). The fourth-order valence-electron chi connectivity index (χ4n) is 3.23. The number of amides is 1. The Balaban J connectivity index is 1.38. The summed E-state index contributed by atoms with van der Waals surface area (Å²) in [4.78, 5) is 14.4. The minimum absolute atomic E-state index is 0.00728. The van der Waals surface area contributed by atoms with Crippen LogP contribution < -0.4 is 15.5 Å². The van der Waals surface area contributed by atoms with Crippen LogP contribution in [0.4, 0.5) is 11.4 Å². The van der Waals surface area contributed by atoms with Gasteiger partial charge in [0.05, 0.1) is 6.54 Å². The van der Waals surface area contributed by atoms with Crippen molar-refractivity contribution >= 4 is 28.9 Å². The van der Waals surface area contributed by atoms with Crippen molar-refractivity contribution in [2.24, 2.45) is 0 Å². The van der Waals surface area contributed by atoms with E-state index in [0.29, 0.717) is 6.54 Å². The topological polar surface area (TPSA) is 44.4 Å². The van der Waals surface area contributed by atoms with E-state index in [1.54, 1.807) is 0 Å². The van der Waals surface area contributed by atoms with Gasteiger partial charge in [0.2, 0.25) is 5.91 Å². The number of halogens is 1. The number of hydrogen-bond acceptors (Lipinski definition) is 3.